The van der Waals surface area contributed by atoms with Gasteiger partial charge in [0.25, 0.3) is 0 Å². The third-order valence-electron chi connectivity index (χ3n) is 2.61. The van der Waals surface area contributed by atoms with Crippen LogP contribution in [0.25, 0.3) is 0 Å². The van der Waals surface area contributed by atoms with Crippen molar-refractivity contribution in [2.24, 2.45) is 0 Å². The lowest BCUT2D eigenvalue weighted by molar-refractivity contribution is -0.139. The van der Waals surface area contributed by atoms with Crippen molar-refractivity contribution in [3.05, 3.63) is 33.4 Å². The summed E-state index contributed by atoms with van der Waals surface area (Å²) in [6, 6.07) is 7.66. The van der Waals surface area contributed by atoms with Gasteiger partial charge in [0, 0.05) is 10.1 Å². The lowest BCUT2D eigenvalue weighted by Gasteiger charge is -2.14. The molecule has 0 aromatic heterocycles. The first-order valence-electron chi connectivity index (χ1n) is 5.84. The Morgan fingerprint density at radius 3 is 2.59 bits per heavy atom. The predicted molar refractivity (Wildman–Crippen MR) is 76.9 cm³/mol. The zero-order valence-electron chi connectivity index (χ0n) is 9.95. The molecule has 0 aliphatic heterocycles. The average Bonchev–Trinajstić information content (AvgIpc) is 2.31. The molecule has 4 heteroatoms. The SMILES string of the molecule is CCCCC(NCc1ccc(I)cc1)C(=O)O. The second-order valence-corrected chi connectivity index (χ2v) is 5.29. The molecular weight excluding hydrogens is 329 g/mol. The maximum absolute atomic E-state index is 11.0. The zero-order valence-corrected chi connectivity index (χ0v) is 12.1. The zero-order chi connectivity index (χ0) is 12.7. The summed E-state index contributed by atoms with van der Waals surface area (Å²) in [5.74, 6) is -0.760. The number of hydrogen-bond donors (Lipinski definition) is 2. The van der Waals surface area contributed by atoms with Crippen LogP contribution in [-0.2, 0) is 11.3 Å². The molecule has 1 rings (SSSR count). The van der Waals surface area contributed by atoms with Crippen molar-refractivity contribution in [3.63, 3.8) is 0 Å². The maximum atomic E-state index is 11.0. The largest absolute Gasteiger partial charge is 0.480 e. The Morgan fingerprint density at radius 2 is 2.06 bits per heavy atom. The minimum Gasteiger partial charge on any atom is -0.480 e. The van der Waals surface area contributed by atoms with Gasteiger partial charge in [-0.25, -0.2) is 0 Å². The van der Waals surface area contributed by atoms with Crippen LogP contribution in [0.15, 0.2) is 24.3 Å². The quantitative estimate of drug-likeness (QED) is 0.746. The fourth-order valence-electron chi connectivity index (χ4n) is 1.56. The van der Waals surface area contributed by atoms with Gasteiger partial charge in [0.05, 0.1) is 0 Å². The molecule has 0 aliphatic carbocycles. The number of rotatable bonds is 7. The van der Waals surface area contributed by atoms with Gasteiger partial charge in [-0.1, -0.05) is 31.9 Å². The van der Waals surface area contributed by atoms with Gasteiger partial charge in [-0.3, -0.25) is 4.79 Å². The van der Waals surface area contributed by atoms with Crippen LogP contribution in [-0.4, -0.2) is 17.1 Å². The molecule has 17 heavy (non-hydrogen) atoms. The Bertz CT molecular complexity index is 351. The summed E-state index contributed by atoms with van der Waals surface area (Å²) in [6.45, 7) is 2.68. The van der Waals surface area contributed by atoms with E-state index in [1.54, 1.807) is 0 Å². The fourth-order valence-corrected chi connectivity index (χ4v) is 1.92. The van der Waals surface area contributed by atoms with Crippen LogP contribution >= 0.6 is 22.6 Å². The Kier molecular flexibility index (Phi) is 6.50. The normalized spacial score (nSPS) is 12.4. The lowest BCUT2D eigenvalue weighted by Crippen LogP contribution is -2.36. The molecule has 2 N–H and O–H groups in total. The first kappa shape index (κ1) is 14.4. The van der Waals surface area contributed by atoms with Gasteiger partial charge in [0.15, 0.2) is 0 Å². The molecule has 0 saturated heterocycles. The molecule has 1 unspecified atom stereocenters. The molecule has 1 aromatic rings. The number of hydrogen-bond acceptors (Lipinski definition) is 2. The topological polar surface area (TPSA) is 49.3 Å². The van der Waals surface area contributed by atoms with Crippen molar-refractivity contribution in [1.29, 1.82) is 0 Å². The average molecular weight is 347 g/mol. The highest BCUT2D eigenvalue weighted by Gasteiger charge is 2.15. The Hall–Kier alpha value is -0.620. The standard InChI is InChI=1S/C13H18INO2/c1-2-3-4-12(13(16)17)15-9-10-5-7-11(14)8-6-10/h5-8,12,15H,2-4,9H2,1H3,(H,16,17). The van der Waals surface area contributed by atoms with E-state index in [0.717, 1.165) is 18.4 Å². The summed E-state index contributed by atoms with van der Waals surface area (Å²) in [4.78, 5) is 11.0. The summed E-state index contributed by atoms with van der Waals surface area (Å²) < 4.78 is 1.19. The highest BCUT2D eigenvalue weighted by Crippen LogP contribution is 2.08. The Labute approximate surface area is 116 Å². The number of benzene rings is 1. The van der Waals surface area contributed by atoms with Crippen molar-refractivity contribution in [1.82, 2.24) is 5.32 Å². The molecule has 0 radical (unpaired) electrons. The second kappa shape index (κ2) is 7.66. The first-order valence-corrected chi connectivity index (χ1v) is 6.92. The number of halogens is 1. The number of carboxylic acids is 1. The number of nitrogens with one attached hydrogen (secondary N) is 1. The van der Waals surface area contributed by atoms with Gasteiger partial charge in [-0.15, -0.1) is 0 Å². The van der Waals surface area contributed by atoms with E-state index in [1.165, 1.54) is 3.57 Å². The van der Waals surface area contributed by atoms with Crippen LogP contribution in [0.2, 0.25) is 0 Å². The number of carbonyl (C=O) groups is 1. The predicted octanol–water partition coefficient (Wildman–Crippen LogP) is 3.02. The van der Waals surface area contributed by atoms with E-state index in [2.05, 4.69) is 34.8 Å². The number of aliphatic carboxylic acids is 1. The van der Waals surface area contributed by atoms with Crippen LogP contribution < -0.4 is 5.32 Å². The van der Waals surface area contributed by atoms with E-state index in [1.807, 2.05) is 24.3 Å². The van der Waals surface area contributed by atoms with E-state index >= 15 is 0 Å². The lowest BCUT2D eigenvalue weighted by atomic mass is 10.1. The van der Waals surface area contributed by atoms with Crippen LogP contribution in [0, 0.1) is 3.57 Å². The molecule has 0 amide bonds. The van der Waals surface area contributed by atoms with E-state index in [9.17, 15) is 4.79 Å². The molecule has 0 spiro atoms. The summed E-state index contributed by atoms with van der Waals surface area (Å²) in [7, 11) is 0. The third kappa shape index (κ3) is 5.50. The third-order valence-corrected chi connectivity index (χ3v) is 3.33. The Balaban J connectivity index is 2.45. The van der Waals surface area contributed by atoms with Crippen molar-refractivity contribution in [2.45, 2.75) is 38.8 Å². The number of unbranched alkanes of at least 4 members (excludes halogenated alkanes) is 1. The summed E-state index contributed by atoms with van der Waals surface area (Å²) in [5, 5.41) is 12.1. The highest BCUT2D eigenvalue weighted by atomic mass is 127. The molecule has 1 aromatic carbocycles. The fraction of sp³-hybridized carbons (Fsp3) is 0.462. The van der Waals surface area contributed by atoms with Crippen molar-refractivity contribution < 1.29 is 9.90 Å². The van der Waals surface area contributed by atoms with Gasteiger partial charge >= 0.3 is 5.97 Å². The molecule has 0 fully saturated rings. The summed E-state index contributed by atoms with van der Waals surface area (Å²) in [5.41, 5.74) is 1.12. The van der Waals surface area contributed by atoms with Gasteiger partial charge in [-0.05, 0) is 46.7 Å². The van der Waals surface area contributed by atoms with Crippen LogP contribution in [0.4, 0.5) is 0 Å². The minimum absolute atomic E-state index is 0.436. The van der Waals surface area contributed by atoms with Gasteiger partial charge < -0.3 is 10.4 Å². The number of carboxylic acid groups (broad SMARTS) is 1. The monoisotopic (exact) mass is 347 g/mol. The molecule has 0 saturated carbocycles. The molecule has 3 nitrogen and oxygen atoms in total. The molecule has 0 heterocycles. The van der Waals surface area contributed by atoms with Gasteiger partial charge in [-0.2, -0.15) is 0 Å². The van der Waals surface area contributed by atoms with E-state index in [4.69, 9.17) is 5.11 Å². The summed E-state index contributed by atoms with van der Waals surface area (Å²) >= 11 is 2.25. The van der Waals surface area contributed by atoms with E-state index in [-0.39, 0.29) is 0 Å². The van der Waals surface area contributed by atoms with Crippen LogP contribution in [0.3, 0.4) is 0 Å². The van der Waals surface area contributed by atoms with Crippen LogP contribution in [0.1, 0.15) is 31.7 Å². The Morgan fingerprint density at radius 1 is 1.41 bits per heavy atom. The van der Waals surface area contributed by atoms with Crippen molar-refractivity contribution in [2.75, 3.05) is 0 Å². The molecule has 94 valence electrons. The molecular formula is C13H18INO2. The molecule has 1 atom stereocenters. The first-order chi connectivity index (χ1) is 8.13. The minimum atomic E-state index is -0.760. The van der Waals surface area contributed by atoms with Crippen LogP contribution in [0.5, 0.6) is 0 Å². The smallest absolute Gasteiger partial charge is 0.320 e. The van der Waals surface area contributed by atoms with Crippen molar-refractivity contribution >= 4 is 28.6 Å². The maximum Gasteiger partial charge on any atom is 0.320 e. The van der Waals surface area contributed by atoms with Crippen molar-refractivity contribution in [3.8, 4) is 0 Å². The van der Waals surface area contributed by atoms with E-state index < -0.39 is 12.0 Å². The highest BCUT2D eigenvalue weighted by molar-refractivity contribution is 14.1. The summed E-state index contributed by atoms with van der Waals surface area (Å²) in [6.07, 6.45) is 2.65. The van der Waals surface area contributed by atoms with E-state index in [0.29, 0.717) is 13.0 Å². The molecule has 0 bridgehead atoms. The molecule has 0 aliphatic rings. The second-order valence-electron chi connectivity index (χ2n) is 4.04. The van der Waals surface area contributed by atoms with Gasteiger partial charge in [0.1, 0.15) is 6.04 Å². The van der Waals surface area contributed by atoms with Gasteiger partial charge in [0.2, 0.25) is 0 Å².